The van der Waals surface area contributed by atoms with Crippen LogP contribution in [0.15, 0.2) is 59.5 Å². The van der Waals surface area contributed by atoms with E-state index in [2.05, 4.69) is 9.71 Å². The third kappa shape index (κ3) is 5.93. The van der Waals surface area contributed by atoms with Crippen molar-refractivity contribution >= 4 is 38.4 Å². The van der Waals surface area contributed by atoms with Crippen LogP contribution in [-0.4, -0.2) is 30.6 Å². The normalized spacial score (nSPS) is 12.2. The van der Waals surface area contributed by atoms with Crippen LogP contribution in [0.3, 0.4) is 0 Å². The van der Waals surface area contributed by atoms with Gasteiger partial charge in [0.05, 0.1) is 16.2 Å². The maximum absolute atomic E-state index is 13.1. The van der Waals surface area contributed by atoms with Crippen LogP contribution in [0.25, 0.3) is 10.9 Å². The molecule has 0 saturated carbocycles. The molecule has 0 bridgehead atoms. The highest BCUT2D eigenvalue weighted by Crippen LogP contribution is 2.34. The second kappa shape index (κ2) is 9.20. The molecule has 2 aromatic carbocycles. The van der Waals surface area contributed by atoms with Gasteiger partial charge in [0.2, 0.25) is 10.0 Å². The van der Waals surface area contributed by atoms with Crippen molar-refractivity contribution in [3.63, 3.8) is 0 Å². The van der Waals surface area contributed by atoms with Gasteiger partial charge in [0.1, 0.15) is 5.69 Å². The molecule has 1 N–H and O–H groups in total. The van der Waals surface area contributed by atoms with Gasteiger partial charge in [-0.3, -0.25) is 10.1 Å². The highest BCUT2D eigenvalue weighted by atomic mass is 32.2. The van der Waals surface area contributed by atoms with Gasteiger partial charge in [-0.2, -0.15) is 13.2 Å². The molecule has 0 radical (unpaired) electrons. The first kappa shape index (κ1) is 23.0. The number of aromatic nitrogens is 1. The van der Waals surface area contributed by atoms with Crippen LogP contribution in [0, 0.1) is 10.1 Å². The number of fused-ring (bicyclic) bond motifs is 1. The van der Waals surface area contributed by atoms with Crippen LogP contribution in [0.4, 0.5) is 18.9 Å². The van der Waals surface area contributed by atoms with Gasteiger partial charge in [0.25, 0.3) is 5.69 Å². The lowest BCUT2D eigenvalue weighted by atomic mass is 10.2. The van der Waals surface area contributed by atoms with Crippen molar-refractivity contribution < 1.29 is 26.5 Å². The molecule has 0 atom stereocenters. The number of thioether (sulfide) groups is 1. The molecule has 3 rings (SSSR count). The molecule has 12 heteroatoms. The lowest BCUT2D eigenvalue weighted by Gasteiger charge is -2.12. The summed E-state index contributed by atoms with van der Waals surface area (Å²) >= 11 is 1.06. The van der Waals surface area contributed by atoms with Crippen LogP contribution in [0.5, 0.6) is 0 Å². The number of nitrogens with zero attached hydrogens (tertiary/aromatic N) is 2. The minimum absolute atomic E-state index is 0.0441. The van der Waals surface area contributed by atoms with Crippen LogP contribution in [0.1, 0.15) is 11.3 Å². The molecule has 0 unspecified atom stereocenters. The van der Waals surface area contributed by atoms with Crippen LogP contribution in [-0.2, 0) is 22.0 Å². The molecule has 1 heterocycles. The molecule has 0 aliphatic carbocycles. The average Bonchev–Trinajstić information content (AvgIpc) is 2.70. The van der Waals surface area contributed by atoms with Gasteiger partial charge in [-0.05, 0) is 12.1 Å². The van der Waals surface area contributed by atoms with E-state index in [1.165, 1.54) is 30.3 Å². The van der Waals surface area contributed by atoms with Crippen molar-refractivity contribution in [1.82, 2.24) is 9.71 Å². The predicted molar refractivity (Wildman–Crippen MR) is 111 cm³/mol. The smallest absolute Gasteiger partial charge is 0.258 e. The quantitative estimate of drug-likeness (QED) is 0.227. The zero-order valence-electron chi connectivity index (χ0n) is 15.8. The predicted octanol–water partition coefficient (Wildman–Crippen LogP) is 4.37. The summed E-state index contributed by atoms with van der Waals surface area (Å²) < 4.78 is 66.3. The van der Waals surface area contributed by atoms with E-state index in [0.29, 0.717) is 10.3 Å². The van der Waals surface area contributed by atoms with E-state index < -0.39 is 32.6 Å². The fourth-order valence-corrected chi connectivity index (χ4v) is 5.08. The van der Waals surface area contributed by atoms with Crippen molar-refractivity contribution in [1.29, 1.82) is 0 Å². The highest BCUT2D eigenvalue weighted by Gasteiger charge is 2.33. The van der Waals surface area contributed by atoms with Crippen LogP contribution >= 0.6 is 11.8 Å². The minimum atomic E-state index is -4.61. The molecule has 0 aliphatic rings. The summed E-state index contributed by atoms with van der Waals surface area (Å²) in [5.41, 5.74) is -1.09. The number of hydrogen-bond acceptors (Lipinski definition) is 6. The number of benzene rings is 2. The number of pyridine rings is 1. The molecule has 0 fully saturated rings. The fourth-order valence-electron chi connectivity index (χ4n) is 2.83. The topological polar surface area (TPSA) is 102 Å². The standard InChI is InChI=1S/C19H16F3N3O4S2/c20-19(21,22)18-11-17(14-6-2-3-7-15(14)24-18)30-10-9-23-31(28,29)12-13-5-1-4-8-16(13)25(26)27/h1-8,11,23H,9-10,12H2. The lowest BCUT2D eigenvalue weighted by molar-refractivity contribution is -0.385. The van der Waals surface area contributed by atoms with E-state index in [9.17, 15) is 31.7 Å². The maximum atomic E-state index is 13.1. The van der Waals surface area contributed by atoms with Crippen molar-refractivity contribution in [3.8, 4) is 0 Å². The van der Waals surface area contributed by atoms with Crippen LogP contribution in [0.2, 0.25) is 0 Å². The lowest BCUT2D eigenvalue weighted by Crippen LogP contribution is -2.27. The number of halogens is 3. The Kier molecular flexibility index (Phi) is 6.82. The molecular formula is C19H16F3N3O4S2. The van der Waals surface area contributed by atoms with Crippen molar-refractivity contribution in [2.45, 2.75) is 16.8 Å². The van der Waals surface area contributed by atoms with Crippen LogP contribution < -0.4 is 4.72 Å². The molecule has 3 aromatic rings. The van der Waals surface area contributed by atoms with Gasteiger partial charge in [-0.1, -0.05) is 36.4 Å². The Labute approximate surface area is 179 Å². The van der Waals surface area contributed by atoms with Crippen molar-refractivity contribution in [3.05, 3.63) is 76.0 Å². The largest absolute Gasteiger partial charge is 0.433 e. The number of sulfonamides is 1. The number of rotatable bonds is 8. The first-order valence-electron chi connectivity index (χ1n) is 8.86. The van der Waals surface area contributed by atoms with Gasteiger partial charge in [-0.15, -0.1) is 11.8 Å². The van der Waals surface area contributed by atoms with Gasteiger partial charge in [-0.25, -0.2) is 18.1 Å². The fraction of sp³-hybridized carbons (Fsp3) is 0.211. The summed E-state index contributed by atoms with van der Waals surface area (Å²) in [7, 11) is -3.88. The van der Waals surface area contributed by atoms with Gasteiger partial charge in [0, 0.05) is 34.2 Å². The minimum Gasteiger partial charge on any atom is -0.258 e. The monoisotopic (exact) mass is 471 g/mol. The van der Waals surface area contributed by atoms with E-state index in [1.54, 1.807) is 18.2 Å². The summed E-state index contributed by atoms with van der Waals surface area (Å²) in [6.07, 6.45) is -4.61. The molecule has 0 spiro atoms. The van der Waals surface area contributed by atoms with Gasteiger partial charge >= 0.3 is 6.18 Å². The molecule has 1 aromatic heterocycles. The third-order valence-corrected chi connectivity index (χ3v) is 6.58. The van der Waals surface area contributed by atoms with Crippen molar-refractivity contribution in [2.75, 3.05) is 12.3 Å². The number of nitrogens with one attached hydrogen (secondary N) is 1. The summed E-state index contributed by atoms with van der Waals surface area (Å²) in [5, 5.41) is 11.6. The Morgan fingerprint density at radius 2 is 1.77 bits per heavy atom. The molecule has 0 aliphatic heterocycles. The van der Waals surface area contributed by atoms with E-state index in [4.69, 9.17) is 0 Å². The Bertz CT molecular complexity index is 1220. The Morgan fingerprint density at radius 1 is 1.10 bits per heavy atom. The van der Waals surface area contributed by atoms with Gasteiger partial charge < -0.3 is 0 Å². The summed E-state index contributed by atoms with van der Waals surface area (Å²) in [6, 6.07) is 12.8. The highest BCUT2D eigenvalue weighted by molar-refractivity contribution is 7.99. The Hall–Kier alpha value is -2.70. The van der Waals surface area contributed by atoms with E-state index in [-0.39, 0.29) is 29.1 Å². The molecule has 0 amide bonds. The summed E-state index contributed by atoms with van der Waals surface area (Å²) in [4.78, 5) is 14.3. The first-order chi connectivity index (χ1) is 14.6. The Morgan fingerprint density at radius 3 is 2.48 bits per heavy atom. The van der Waals surface area contributed by atoms with Crippen molar-refractivity contribution in [2.24, 2.45) is 0 Å². The number of nitro benzene ring substituents is 1. The zero-order chi connectivity index (χ0) is 22.6. The molecule has 0 saturated heterocycles. The molecule has 31 heavy (non-hydrogen) atoms. The molecular weight excluding hydrogens is 455 g/mol. The second-order valence-corrected chi connectivity index (χ2v) is 9.35. The average molecular weight is 471 g/mol. The van der Waals surface area contributed by atoms with E-state index in [0.717, 1.165) is 17.8 Å². The molecule has 7 nitrogen and oxygen atoms in total. The first-order valence-corrected chi connectivity index (χ1v) is 11.5. The summed E-state index contributed by atoms with van der Waals surface area (Å²) in [6.45, 7) is -0.0639. The zero-order valence-corrected chi connectivity index (χ0v) is 17.4. The van der Waals surface area contributed by atoms with E-state index >= 15 is 0 Å². The number of para-hydroxylation sites is 2. The SMILES string of the molecule is O=[N+]([O-])c1ccccc1CS(=O)(=O)NCCSc1cc(C(F)(F)F)nc2ccccc12. The van der Waals surface area contributed by atoms with E-state index in [1.807, 2.05) is 0 Å². The van der Waals surface area contributed by atoms with Gasteiger partial charge in [0.15, 0.2) is 0 Å². The number of hydrogen-bond donors (Lipinski definition) is 1. The summed E-state index contributed by atoms with van der Waals surface area (Å²) in [5.74, 6) is -0.424. The second-order valence-electron chi connectivity index (χ2n) is 6.41. The number of nitro groups is 1. The Balaban J connectivity index is 1.68. The maximum Gasteiger partial charge on any atom is 0.433 e. The third-order valence-electron chi connectivity index (χ3n) is 4.18. The molecule has 164 valence electrons. The number of alkyl halides is 3.